The molecule has 1 amide bonds. The summed E-state index contributed by atoms with van der Waals surface area (Å²) >= 11 is 0. The summed E-state index contributed by atoms with van der Waals surface area (Å²) in [6.45, 7) is -0.200. The van der Waals surface area contributed by atoms with Gasteiger partial charge in [0.25, 0.3) is 5.91 Å². The fraction of sp³-hybridized carbons (Fsp3) is 0.263. The van der Waals surface area contributed by atoms with E-state index in [0.29, 0.717) is 17.9 Å². The molecule has 2 aromatic rings. The summed E-state index contributed by atoms with van der Waals surface area (Å²) in [5.41, 5.74) is 0.925. The van der Waals surface area contributed by atoms with Gasteiger partial charge in [-0.3, -0.25) is 4.79 Å². The minimum atomic E-state index is -0.764. The van der Waals surface area contributed by atoms with Crippen LogP contribution in [0.2, 0.25) is 0 Å². The third-order valence-corrected chi connectivity index (χ3v) is 3.53. The van der Waals surface area contributed by atoms with Gasteiger partial charge in [-0.05, 0) is 29.8 Å². The maximum Gasteiger partial charge on any atom is 0.328 e. The molecule has 6 heteroatoms. The molecule has 1 N–H and O–H groups in total. The molecule has 0 spiro atoms. The van der Waals surface area contributed by atoms with Crippen LogP contribution in [-0.4, -0.2) is 38.7 Å². The van der Waals surface area contributed by atoms with Crippen molar-refractivity contribution in [3.8, 4) is 11.5 Å². The van der Waals surface area contributed by atoms with E-state index in [-0.39, 0.29) is 6.61 Å². The highest BCUT2D eigenvalue weighted by atomic mass is 16.5. The van der Waals surface area contributed by atoms with Gasteiger partial charge >= 0.3 is 5.97 Å². The van der Waals surface area contributed by atoms with Crippen LogP contribution >= 0.6 is 0 Å². The lowest BCUT2D eigenvalue weighted by Gasteiger charge is -2.17. The Morgan fingerprint density at radius 3 is 2.20 bits per heavy atom. The molecule has 0 unspecified atom stereocenters. The van der Waals surface area contributed by atoms with Crippen LogP contribution in [0.25, 0.3) is 0 Å². The molecule has 0 aliphatic heterocycles. The molecule has 1 atom stereocenters. The second-order valence-corrected chi connectivity index (χ2v) is 5.30. The van der Waals surface area contributed by atoms with Gasteiger partial charge in [0, 0.05) is 6.42 Å². The zero-order chi connectivity index (χ0) is 18.1. The van der Waals surface area contributed by atoms with Gasteiger partial charge in [-0.2, -0.15) is 0 Å². The zero-order valence-corrected chi connectivity index (χ0v) is 14.2. The molecule has 0 bridgehead atoms. The van der Waals surface area contributed by atoms with Crippen LogP contribution in [-0.2, 0) is 20.7 Å². The van der Waals surface area contributed by atoms with Crippen LogP contribution in [0.5, 0.6) is 11.5 Å². The second-order valence-electron chi connectivity index (χ2n) is 5.30. The molecule has 2 aromatic carbocycles. The largest absolute Gasteiger partial charge is 0.497 e. The number of ether oxygens (including phenoxy) is 3. The number of esters is 1. The van der Waals surface area contributed by atoms with Crippen LogP contribution in [0, 0.1) is 0 Å². The first-order valence-electron chi connectivity index (χ1n) is 7.80. The predicted octanol–water partition coefficient (Wildman–Crippen LogP) is 1.97. The Kier molecular flexibility index (Phi) is 6.83. The highest BCUT2D eigenvalue weighted by molar-refractivity contribution is 5.85. The highest BCUT2D eigenvalue weighted by Crippen LogP contribution is 2.16. The van der Waals surface area contributed by atoms with E-state index in [2.05, 4.69) is 5.32 Å². The van der Waals surface area contributed by atoms with Gasteiger partial charge in [0.1, 0.15) is 17.5 Å². The summed E-state index contributed by atoms with van der Waals surface area (Å²) in [5, 5.41) is 2.65. The van der Waals surface area contributed by atoms with Gasteiger partial charge in [-0.15, -0.1) is 0 Å². The summed E-state index contributed by atoms with van der Waals surface area (Å²) in [7, 11) is 2.86. The average Bonchev–Trinajstić information content (AvgIpc) is 2.66. The van der Waals surface area contributed by atoms with Crippen molar-refractivity contribution < 1.29 is 23.8 Å². The third kappa shape index (κ3) is 5.84. The molecule has 0 saturated heterocycles. The standard InChI is InChI=1S/C19H21NO5/c1-23-15-8-10-16(11-9-15)25-13-18(21)20-17(19(22)24-2)12-14-6-4-3-5-7-14/h3-11,17H,12-13H2,1-2H3,(H,20,21)/t17-/m0/s1. The van der Waals surface area contributed by atoms with Gasteiger partial charge in [0.05, 0.1) is 14.2 Å². The van der Waals surface area contributed by atoms with Crippen LogP contribution in [0.15, 0.2) is 54.6 Å². The van der Waals surface area contributed by atoms with Crippen molar-refractivity contribution in [1.29, 1.82) is 0 Å². The van der Waals surface area contributed by atoms with E-state index in [1.165, 1.54) is 7.11 Å². The molecule has 0 aromatic heterocycles. The van der Waals surface area contributed by atoms with Crippen molar-refractivity contribution in [3.05, 3.63) is 60.2 Å². The van der Waals surface area contributed by atoms with Crippen LogP contribution in [0.4, 0.5) is 0 Å². The fourth-order valence-corrected chi connectivity index (χ4v) is 2.24. The third-order valence-electron chi connectivity index (χ3n) is 3.53. The summed E-state index contributed by atoms with van der Waals surface area (Å²) < 4.78 is 15.2. The van der Waals surface area contributed by atoms with Crippen LogP contribution in [0.3, 0.4) is 0 Å². The van der Waals surface area contributed by atoms with Crippen molar-refractivity contribution in [2.75, 3.05) is 20.8 Å². The molecule has 0 heterocycles. The summed E-state index contributed by atoms with van der Waals surface area (Å²) in [6, 6.07) is 15.5. The van der Waals surface area contributed by atoms with Crippen molar-refractivity contribution in [2.24, 2.45) is 0 Å². The van der Waals surface area contributed by atoms with Crippen molar-refractivity contribution >= 4 is 11.9 Å². The van der Waals surface area contributed by atoms with Crippen LogP contribution < -0.4 is 14.8 Å². The molecule has 0 aliphatic rings. The number of hydrogen-bond acceptors (Lipinski definition) is 5. The molecule has 2 rings (SSSR count). The Bertz CT molecular complexity index is 685. The predicted molar refractivity (Wildman–Crippen MR) is 92.6 cm³/mol. The molecule has 0 saturated carbocycles. The normalized spacial score (nSPS) is 11.3. The maximum absolute atomic E-state index is 12.1. The first-order valence-corrected chi connectivity index (χ1v) is 7.80. The Hall–Kier alpha value is -3.02. The van der Waals surface area contributed by atoms with Crippen LogP contribution in [0.1, 0.15) is 5.56 Å². The first-order chi connectivity index (χ1) is 12.1. The quantitative estimate of drug-likeness (QED) is 0.742. The van der Waals surface area contributed by atoms with Gasteiger partial charge in [0.2, 0.25) is 0 Å². The number of benzene rings is 2. The number of methoxy groups -OCH3 is 2. The Labute approximate surface area is 146 Å². The molecule has 0 aliphatic carbocycles. The monoisotopic (exact) mass is 343 g/mol. The first kappa shape index (κ1) is 18.3. The van der Waals surface area contributed by atoms with Crippen molar-refractivity contribution in [2.45, 2.75) is 12.5 Å². The number of carbonyl (C=O) groups is 2. The smallest absolute Gasteiger partial charge is 0.328 e. The number of rotatable bonds is 8. The lowest BCUT2D eigenvalue weighted by Crippen LogP contribution is -2.44. The highest BCUT2D eigenvalue weighted by Gasteiger charge is 2.22. The summed E-state index contributed by atoms with van der Waals surface area (Å²) in [4.78, 5) is 24.0. The average molecular weight is 343 g/mol. The number of hydrogen-bond donors (Lipinski definition) is 1. The van der Waals surface area contributed by atoms with Gasteiger partial charge in [0.15, 0.2) is 6.61 Å². The van der Waals surface area contributed by atoms with E-state index in [0.717, 1.165) is 5.56 Å². The lowest BCUT2D eigenvalue weighted by molar-refractivity contribution is -0.145. The minimum Gasteiger partial charge on any atom is -0.497 e. The van der Waals surface area contributed by atoms with Crippen molar-refractivity contribution in [1.82, 2.24) is 5.32 Å². The summed E-state index contributed by atoms with van der Waals surface area (Å²) in [6.07, 6.45) is 0.349. The number of carbonyl (C=O) groups excluding carboxylic acids is 2. The molecule has 0 radical (unpaired) electrons. The maximum atomic E-state index is 12.1. The topological polar surface area (TPSA) is 73.9 Å². The Morgan fingerprint density at radius 2 is 1.60 bits per heavy atom. The molecular formula is C19H21NO5. The number of amides is 1. The van der Waals surface area contributed by atoms with E-state index in [9.17, 15) is 9.59 Å². The lowest BCUT2D eigenvalue weighted by atomic mass is 10.1. The van der Waals surface area contributed by atoms with E-state index in [1.807, 2.05) is 30.3 Å². The SMILES string of the molecule is COC(=O)[C@H](Cc1ccccc1)NC(=O)COc1ccc(OC)cc1. The van der Waals surface area contributed by atoms with E-state index in [4.69, 9.17) is 14.2 Å². The van der Waals surface area contributed by atoms with Gasteiger partial charge < -0.3 is 19.5 Å². The Balaban J connectivity index is 1.90. The van der Waals surface area contributed by atoms with E-state index >= 15 is 0 Å². The molecule has 25 heavy (non-hydrogen) atoms. The second kappa shape index (κ2) is 9.32. The molecule has 132 valence electrons. The molecular weight excluding hydrogens is 322 g/mol. The molecule has 0 fully saturated rings. The molecule has 6 nitrogen and oxygen atoms in total. The minimum absolute atomic E-state index is 0.200. The fourth-order valence-electron chi connectivity index (χ4n) is 2.24. The summed E-state index contributed by atoms with van der Waals surface area (Å²) in [5.74, 6) is 0.336. The zero-order valence-electron chi connectivity index (χ0n) is 14.2. The van der Waals surface area contributed by atoms with E-state index < -0.39 is 17.9 Å². The number of nitrogens with one attached hydrogen (secondary N) is 1. The van der Waals surface area contributed by atoms with Crippen molar-refractivity contribution in [3.63, 3.8) is 0 Å². The van der Waals surface area contributed by atoms with Gasteiger partial charge in [-0.1, -0.05) is 30.3 Å². The Morgan fingerprint density at radius 1 is 0.960 bits per heavy atom. The van der Waals surface area contributed by atoms with E-state index in [1.54, 1.807) is 31.4 Å². The van der Waals surface area contributed by atoms with Gasteiger partial charge in [-0.25, -0.2) is 4.79 Å².